The lowest BCUT2D eigenvalue weighted by atomic mass is 10.2. The van der Waals surface area contributed by atoms with E-state index in [4.69, 9.17) is 19.7 Å². The number of fused-ring (bicyclic) bond motifs is 1. The predicted molar refractivity (Wildman–Crippen MR) is 67.8 cm³/mol. The summed E-state index contributed by atoms with van der Waals surface area (Å²) in [6, 6.07) is 3.00. The fourth-order valence-corrected chi connectivity index (χ4v) is 1.69. The number of urea groups is 1. The number of benzene rings is 1. The van der Waals surface area contributed by atoms with Crippen molar-refractivity contribution < 1.29 is 29.3 Å². The molecule has 1 unspecified atom stereocenters. The highest BCUT2D eigenvalue weighted by atomic mass is 16.7. The Balaban J connectivity index is 1.95. The number of hydrogen-bond donors (Lipinski definition) is 4. The highest BCUT2D eigenvalue weighted by Crippen LogP contribution is 2.34. The molecule has 20 heavy (non-hydrogen) atoms. The van der Waals surface area contributed by atoms with E-state index >= 15 is 0 Å². The summed E-state index contributed by atoms with van der Waals surface area (Å²) in [4.78, 5) is 22.5. The van der Waals surface area contributed by atoms with Crippen molar-refractivity contribution >= 4 is 17.7 Å². The van der Waals surface area contributed by atoms with Gasteiger partial charge in [-0.1, -0.05) is 0 Å². The number of aliphatic carboxylic acids is 1. The second kappa shape index (κ2) is 6.11. The Kier molecular flexibility index (Phi) is 4.26. The lowest BCUT2D eigenvalue weighted by molar-refractivity contribution is -0.139. The summed E-state index contributed by atoms with van der Waals surface area (Å²) in [6.07, 6.45) is -0.0656. The minimum absolute atomic E-state index is 0.0656. The van der Waals surface area contributed by atoms with Crippen LogP contribution in [0.5, 0.6) is 11.5 Å². The van der Waals surface area contributed by atoms with Gasteiger partial charge in [0, 0.05) is 24.8 Å². The summed E-state index contributed by atoms with van der Waals surface area (Å²) in [5.41, 5.74) is 0.444. The van der Waals surface area contributed by atoms with Crippen LogP contribution in [0.4, 0.5) is 10.5 Å². The van der Waals surface area contributed by atoms with Crippen LogP contribution >= 0.6 is 0 Å². The molecule has 108 valence electrons. The van der Waals surface area contributed by atoms with Gasteiger partial charge in [-0.05, 0) is 12.1 Å². The maximum atomic E-state index is 11.7. The van der Waals surface area contributed by atoms with E-state index in [9.17, 15) is 9.59 Å². The molecule has 1 aliphatic heterocycles. The molecule has 1 atom stereocenters. The number of carboxylic acids is 1. The van der Waals surface area contributed by atoms with Crippen molar-refractivity contribution in [3.05, 3.63) is 18.2 Å². The average Bonchev–Trinajstić information content (AvgIpc) is 2.85. The Morgan fingerprint density at radius 1 is 1.30 bits per heavy atom. The fraction of sp³-hybridized carbons (Fsp3) is 0.333. The molecule has 0 aliphatic carbocycles. The number of nitrogens with one attached hydrogen (secondary N) is 2. The number of aliphatic hydroxyl groups excluding tert-OH is 1. The Morgan fingerprint density at radius 3 is 2.75 bits per heavy atom. The molecule has 0 fully saturated rings. The summed E-state index contributed by atoms with van der Waals surface area (Å²) in [6.45, 7) is -0.205. The molecule has 0 bridgehead atoms. The van der Waals surface area contributed by atoms with Gasteiger partial charge in [-0.25, -0.2) is 9.59 Å². The molecule has 1 aliphatic rings. The van der Waals surface area contributed by atoms with Crippen molar-refractivity contribution in [3.8, 4) is 11.5 Å². The van der Waals surface area contributed by atoms with Crippen molar-refractivity contribution in [2.75, 3.05) is 18.7 Å². The molecule has 0 radical (unpaired) electrons. The van der Waals surface area contributed by atoms with Crippen LogP contribution in [0.3, 0.4) is 0 Å². The Labute approximate surface area is 114 Å². The summed E-state index contributed by atoms with van der Waals surface area (Å²) in [5.74, 6) is -0.118. The maximum absolute atomic E-state index is 11.7. The maximum Gasteiger partial charge on any atom is 0.326 e. The zero-order valence-corrected chi connectivity index (χ0v) is 10.5. The number of rotatable bonds is 5. The third-order valence-electron chi connectivity index (χ3n) is 2.65. The predicted octanol–water partition coefficient (Wildman–Crippen LogP) is 0.372. The molecule has 4 N–H and O–H groups in total. The van der Waals surface area contributed by atoms with Gasteiger partial charge in [-0.3, -0.25) is 0 Å². The molecule has 2 rings (SSSR count). The van der Waals surface area contributed by atoms with Gasteiger partial charge >= 0.3 is 12.0 Å². The number of aliphatic hydroxyl groups is 1. The van der Waals surface area contributed by atoms with Gasteiger partial charge in [0.2, 0.25) is 6.79 Å². The van der Waals surface area contributed by atoms with Crippen molar-refractivity contribution in [1.82, 2.24) is 5.32 Å². The second-order valence-corrected chi connectivity index (χ2v) is 4.07. The molecule has 1 heterocycles. The third-order valence-corrected chi connectivity index (χ3v) is 2.65. The summed E-state index contributed by atoms with van der Waals surface area (Å²) >= 11 is 0. The summed E-state index contributed by atoms with van der Waals surface area (Å²) < 4.78 is 10.3. The second-order valence-electron chi connectivity index (χ2n) is 4.07. The van der Waals surface area contributed by atoms with E-state index in [1.54, 1.807) is 18.2 Å². The third kappa shape index (κ3) is 3.29. The van der Waals surface area contributed by atoms with E-state index in [1.165, 1.54) is 0 Å². The average molecular weight is 282 g/mol. The lowest BCUT2D eigenvalue weighted by Gasteiger charge is -2.14. The molecule has 2 amide bonds. The van der Waals surface area contributed by atoms with Crippen LogP contribution in [0.1, 0.15) is 6.42 Å². The highest BCUT2D eigenvalue weighted by Gasteiger charge is 2.20. The number of carboxylic acid groups (broad SMARTS) is 1. The molecule has 0 spiro atoms. The van der Waals surface area contributed by atoms with Crippen molar-refractivity contribution in [2.45, 2.75) is 12.5 Å². The molecule has 8 nitrogen and oxygen atoms in total. The number of anilines is 1. The number of ether oxygens (including phenoxy) is 2. The monoisotopic (exact) mass is 282 g/mol. The van der Waals surface area contributed by atoms with E-state index < -0.39 is 18.0 Å². The molecule has 1 aromatic rings. The topological polar surface area (TPSA) is 117 Å². The highest BCUT2D eigenvalue weighted by molar-refractivity contribution is 5.92. The molecule has 8 heteroatoms. The van der Waals surface area contributed by atoms with Gasteiger partial charge in [-0.2, -0.15) is 0 Å². The SMILES string of the molecule is O=C(Nc1ccc2c(c1)OCO2)NC(CCO)C(=O)O. The molecule has 0 saturated carbocycles. The van der Waals surface area contributed by atoms with Crippen LogP contribution in [0.2, 0.25) is 0 Å². The van der Waals surface area contributed by atoms with Crippen LogP contribution in [0.15, 0.2) is 18.2 Å². The first-order chi connectivity index (χ1) is 9.60. The molecule has 0 aromatic heterocycles. The largest absolute Gasteiger partial charge is 0.480 e. The van der Waals surface area contributed by atoms with E-state index in [0.717, 1.165) is 0 Å². The molecular formula is C12H14N2O6. The van der Waals surface area contributed by atoms with Gasteiger partial charge < -0.3 is 30.3 Å². The van der Waals surface area contributed by atoms with E-state index in [-0.39, 0.29) is 19.8 Å². The lowest BCUT2D eigenvalue weighted by Crippen LogP contribution is -2.43. The van der Waals surface area contributed by atoms with Crippen LogP contribution < -0.4 is 20.1 Å². The van der Waals surface area contributed by atoms with Crippen molar-refractivity contribution in [3.63, 3.8) is 0 Å². The summed E-state index contributed by atoms with van der Waals surface area (Å²) in [5, 5.41) is 22.3. The van der Waals surface area contributed by atoms with Crippen molar-refractivity contribution in [1.29, 1.82) is 0 Å². The quantitative estimate of drug-likeness (QED) is 0.620. The van der Waals surface area contributed by atoms with Gasteiger partial charge in [-0.15, -0.1) is 0 Å². The zero-order chi connectivity index (χ0) is 14.5. The van der Waals surface area contributed by atoms with Crippen LogP contribution in [-0.4, -0.2) is 41.7 Å². The van der Waals surface area contributed by atoms with E-state index in [1.807, 2.05) is 0 Å². The van der Waals surface area contributed by atoms with E-state index in [0.29, 0.717) is 17.2 Å². The Hall–Kier alpha value is -2.48. The minimum atomic E-state index is -1.21. The Bertz CT molecular complexity index is 519. The first-order valence-corrected chi connectivity index (χ1v) is 5.91. The van der Waals surface area contributed by atoms with E-state index in [2.05, 4.69) is 10.6 Å². The van der Waals surface area contributed by atoms with Crippen LogP contribution in [0, 0.1) is 0 Å². The number of amides is 2. The molecule has 1 aromatic carbocycles. The summed E-state index contributed by atoms with van der Waals surface area (Å²) in [7, 11) is 0. The first kappa shape index (κ1) is 13.9. The minimum Gasteiger partial charge on any atom is -0.480 e. The normalized spacial score (nSPS) is 13.7. The smallest absolute Gasteiger partial charge is 0.326 e. The van der Waals surface area contributed by atoms with Crippen LogP contribution in [-0.2, 0) is 4.79 Å². The fourth-order valence-electron chi connectivity index (χ4n) is 1.69. The van der Waals surface area contributed by atoms with Gasteiger partial charge in [0.25, 0.3) is 0 Å². The van der Waals surface area contributed by atoms with Gasteiger partial charge in [0.05, 0.1) is 0 Å². The molecular weight excluding hydrogens is 268 g/mol. The van der Waals surface area contributed by atoms with Gasteiger partial charge in [0.1, 0.15) is 6.04 Å². The zero-order valence-electron chi connectivity index (χ0n) is 10.5. The van der Waals surface area contributed by atoms with Crippen LogP contribution in [0.25, 0.3) is 0 Å². The number of hydrogen-bond acceptors (Lipinski definition) is 5. The van der Waals surface area contributed by atoms with Gasteiger partial charge in [0.15, 0.2) is 11.5 Å². The molecule has 0 saturated heterocycles. The Morgan fingerprint density at radius 2 is 2.05 bits per heavy atom. The number of carbonyl (C=O) groups is 2. The standard InChI is InChI=1S/C12H14N2O6/c15-4-3-8(11(16)17)14-12(18)13-7-1-2-9-10(5-7)20-6-19-9/h1-2,5,8,15H,3-4,6H2,(H,16,17)(H2,13,14,18). The van der Waals surface area contributed by atoms with Crippen molar-refractivity contribution in [2.24, 2.45) is 0 Å². The first-order valence-electron chi connectivity index (χ1n) is 5.91. The number of carbonyl (C=O) groups excluding carboxylic acids is 1.